The van der Waals surface area contributed by atoms with Crippen LogP contribution in [0.25, 0.3) is 0 Å². The number of benzene rings is 3. The van der Waals surface area contributed by atoms with Gasteiger partial charge in [-0.05, 0) is 73.1 Å². The monoisotopic (exact) mass is 458 g/mol. The van der Waals surface area contributed by atoms with Crippen molar-refractivity contribution in [1.82, 2.24) is 4.90 Å². The van der Waals surface area contributed by atoms with Crippen LogP contribution in [-0.4, -0.2) is 23.3 Å². The summed E-state index contributed by atoms with van der Waals surface area (Å²) in [6, 6.07) is 22.9. The summed E-state index contributed by atoms with van der Waals surface area (Å²) in [6.07, 6.45) is 4.84. The Kier molecular flexibility index (Phi) is 6.19. The maximum Gasteiger partial charge on any atom is 0.255 e. The summed E-state index contributed by atoms with van der Waals surface area (Å²) in [5.74, 6) is -0.524. The summed E-state index contributed by atoms with van der Waals surface area (Å²) in [5, 5.41) is 3.58. The van der Waals surface area contributed by atoms with Gasteiger partial charge in [-0.3, -0.25) is 9.59 Å². The Labute approximate surface area is 199 Å². The molecule has 0 bridgehead atoms. The van der Waals surface area contributed by atoms with E-state index in [4.69, 9.17) is 11.6 Å². The molecule has 0 aromatic heterocycles. The smallest absolute Gasteiger partial charge is 0.255 e. The fourth-order valence-electron chi connectivity index (χ4n) is 5.23. The Morgan fingerprint density at radius 2 is 1.64 bits per heavy atom. The lowest BCUT2D eigenvalue weighted by Crippen LogP contribution is -2.46. The number of nitrogens with zero attached hydrogens (tertiary/aromatic N) is 1. The highest BCUT2D eigenvalue weighted by Gasteiger charge is 2.40. The second-order valence-corrected chi connectivity index (χ2v) is 9.32. The van der Waals surface area contributed by atoms with E-state index in [1.807, 2.05) is 53.4 Å². The van der Waals surface area contributed by atoms with Crippen molar-refractivity contribution < 1.29 is 9.59 Å². The van der Waals surface area contributed by atoms with Crippen molar-refractivity contribution in [3.05, 3.63) is 100 Å². The molecule has 5 heteroatoms. The van der Waals surface area contributed by atoms with Gasteiger partial charge in [-0.25, -0.2) is 0 Å². The van der Waals surface area contributed by atoms with Gasteiger partial charge in [0.25, 0.3) is 5.91 Å². The van der Waals surface area contributed by atoms with Crippen molar-refractivity contribution in [2.75, 3.05) is 11.9 Å². The van der Waals surface area contributed by atoms with E-state index in [9.17, 15) is 9.59 Å². The first-order valence-corrected chi connectivity index (χ1v) is 12.0. The van der Waals surface area contributed by atoms with Crippen LogP contribution < -0.4 is 5.32 Å². The van der Waals surface area contributed by atoms with E-state index < -0.39 is 0 Å². The molecule has 1 aliphatic heterocycles. The third-order valence-corrected chi connectivity index (χ3v) is 7.17. The van der Waals surface area contributed by atoms with E-state index in [2.05, 4.69) is 17.4 Å². The van der Waals surface area contributed by atoms with Gasteiger partial charge in [0.15, 0.2) is 0 Å². The van der Waals surface area contributed by atoms with Crippen LogP contribution in [0.4, 0.5) is 5.69 Å². The lowest BCUT2D eigenvalue weighted by molar-refractivity contribution is -0.123. The highest BCUT2D eigenvalue weighted by Crippen LogP contribution is 2.38. The van der Waals surface area contributed by atoms with E-state index in [1.54, 1.807) is 12.1 Å². The molecule has 2 amide bonds. The van der Waals surface area contributed by atoms with Gasteiger partial charge in [0.1, 0.15) is 0 Å². The predicted molar refractivity (Wildman–Crippen MR) is 131 cm³/mol. The van der Waals surface area contributed by atoms with Crippen LogP contribution in [0.2, 0.25) is 5.02 Å². The minimum atomic E-state index is -0.349. The van der Waals surface area contributed by atoms with Crippen molar-refractivity contribution in [3.63, 3.8) is 0 Å². The summed E-state index contributed by atoms with van der Waals surface area (Å²) < 4.78 is 0. The number of hydrogen-bond acceptors (Lipinski definition) is 2. The lowest BCUT2D eigenvalue weighted by Gasteiger charge is -2.41. The predicted octanol–water partition coefficient (Wildman–Crippen LogP) is 6.06. The minimum absolute atomic E-state index is 0.0431. The Hall–Kier alpha value is -3.11. The number of piperidine rings is 1. The van der Waals surface area contributed by atoms with E-state index in [0.717, 1.165) is 36.9 Å². The first-order chi connectivity index (χ1) is 16.1. The van der Waals surface area contributed by atoms with Gasteiger partial charge in [0.2, 0.25) is 5.91 Å². The fraction of sp³-hybridized carbons (Fsp3) is 0.286. The molecule has 0 spiro atoms. The third kappa shape index (κ3) is 4.40. The molecule has 3 aromatic carbocycles. The van der Waals surface area contributed by atoms with Gasteiger partial charge in [-0.2, -0.15) is 0 Å². The Bertz CT molecular complexity index is 1180. The minimum Gasteiger partial charge on any atom is -0.331 e. The van der Waals surface area contributed by atoms with Gasteiger partial charge in [-0.1, -0.05) is 60.1 Å². The Morgan fingerprint density at radius 1 is 0.879 bits per heavy atom. The number of aryl methyl sites for hydroxylation is 2. The van der Waals surface area contributed by atoms with Crippen molar-refractivity contribution in [2.24, 2.45) is 5.92 Å². The quantitative estimate of drug-likeness (QED) is 0.516. The molecule has 3 aromatic rings. The number of carbonyl (C=O) groups is 2. The molecule has 2 atom stereocenters. The average molecular weight is 459 g/mol. The van der Waals surface area contributed by atoms with Gasteiger partial charge < -0.3 is 10.2 Å². The second-order valence-electron chi connectivity index (χ2n) is 8.91. The molecule has 1 saturated heterocycles. The van der Waals surface area contributed by atoms with Gasteiger partial charge in [-0.15, -0.1) is 0 Å². The fourth-order valence-corrected chi connectivity index (χ4v) is 5.45. The molecule has 4 nitrogen and oxygen atoms in total. The number of amides is 2. The van der Waals surface area contributed by atoms with E-state index in [1.165, 1.54) is 17.5 Å². The third-order valence-electron chi connectivity index (χ3n) is 6.84. The van der Waals surface area contributed by atoms with Gasteiger partial charge in [0, 0.05) is 12.2 Å². The number of carbonyl (C=O) groups excluding carboxylic acids is 2. The zero-order valence-electron chi connectivity index (χ0n) is 18.5. The molecule has 33 heavy (non-hydrogen) atoms. The first kappa shape index (κ1) is 21.7. The molecule has 0 saturated carbocycles. The number of nitrogens with one attached hydrogen (secondary N) is 1. The van der Waals surface area contributed by atoms with Crippen molar-refractivity contribution >= 4 is 29.1 Å². The van der Waals surface area contributed by atoms with E-state index in [-0.39, 0.29) is 23.8 Å². The standard InChI is InChI=1S/C28H27ClN2O2/c29-25-14-5-4-12-23(25)28(33)31-17-7-13-24(26(31)20-8-2-1-3-9-20)27(32)30-22-16-15-19-10-6-11-21(19)18-22/h1-5,8-9,12,14-16,18,24,26H,6-7,10-11,13,17H2,(H,30,32)/t24-,26?/m0/s1. The van der Waals surface area contributed by atoms with Crippen LogP contribution in [0.5, 0.6) is 0 Å². The maximum absolute atomic E-state index is 13.6. The molecule has 1 fully saturated rings. The normalized spacial score (nSPS) is 19.7. The largest absolute Gasteiger partial charge is 0.331 e. The number of hydrogen-bond donors (Lipinski definition) is 1. The summed E-state index contributed by atoms with van der Waals surface area (Å²) >= 11 is 6.36. The van der Waals surface area contributed by atoms with Crippen LogP contribution in [0, 0.1) is 5.92 Å². The first-order valence-electron chi connectivity index (χ1n) is 11.6. The van der Waals surface area contributed by atoms with Crippen LogP contribution in [0.15, 0.2) is 72.8 Å². The van der Waals surface area contributed by atoms with Crippen molar-refractivity contribution in [1.29, 1.82) is 0 Å². The number of halogens is 1. The molecule has 168 valence electrons. The van der Waals surface area contributed by atoms with Gasteiger partial charge in [0.05, 0.1) is 22.5 Å². The van der Waals surface area contributed by atoms with Gasteiger partial charge >= 0.3 is 0 Å². The summed E-state index contributed by atoms with van der Waals surface area (Å²) in [5.41, 5.74) is 4.98. The highest BCUT2D eigenvalue weighted by molar-refractivity contribution is 6.33. The number of likely N-dealkylation sites (tertiary alicyclic amines) is 1. The van der Waals surface area contributed by atoms with Crippen LogP contribution in [-0.2, 0) is 17.6 Å². The molecule has 5 rings (SSSR count). The lowest BCUT2D eigenvalue weighted by atomic mass is 9.83. The van der Waals surface area contributed by atoms with E-state index >= 15 is 0 Å². The van der Waals surface area contributed by atoms with Crippen LogP contribution in [0.3, 0.4) is 0 Å². The topological polar surface area (TPSA) is 49.4 Å². The molecular weight excluding hydrogens is 432 g/mol. The zero-order chi connectivity index (χ0) is 22.8. The molecular formula is C28H27ClN2O2. The molecule has 1 aliphatic carbocycles. The summed E-state index contributed by atoms with van der Waals surface area (Å²) in [6.45, 7) is 0.590. The summed E-state index contributed by atoms with van der Waals surface area (Å²) in [4.78, 5) is 28.9. The average Bonchev–Trinajstić information content (AvgIpc) is 3.32. The molecule has 1 heterocycles. The number of anilines is 1. The maximum atomic E-state index is 13.6. The van der Waals surface area contributed by atoms with Crippen LogP contribution in [0.1, 0.15) is 52.4 Å². The number of fused-ring (bicyclic) bond motifs is 1. The van der Waals surface area contributed by atoms with Crippen LogP contribution >= 0.6 is 11.6 Å². The Morgan fingerprint density at radius 3 is 2.45 bits per heavy atom. The summed E-state index contributed by atoms with van der Waals surface area (Å²) in [7, 11) is 0. The highest BCUT2D eigenvalue weighted by atomic mass is 35.5. The zero-order valence-corrected chi connectivity index (χ0v) is 19.2. The second kappa shape index (κ2) is 9.40. The van der Waals surface area contributed by atoms with E-state index in [0.29, 0.717) is 17.1 Å². The molecule has 2 aliphatic rings. The molecule has 1 unspecified atom stereocenters. The van der Waals surface area contributed by atoms with Crippen molar-refractivity contribution in [2.45, 2.75) is 38.1 Å². The molecule has 1 N–H and O–H groups in total. The SMILES string of the molecule is O=C(Nc1ccc2c(c1)CCC2)[C@H]1CCCN(C(=O)c2ccccc2Cl)C1c1ccccc1. The number of rotatable bonds is 4. The molecule has 0 radical (unpaired) electrons. The van der Waals surface area contributed by atoms with Crippen molar-refractivity contribution in [3.8, 4) is 0 Å². The Balaban J connectivity index is 1.46.